The smallest absolute Gasteiger partial charge is 0.120 e. The Morgan fingerprint density at radius 1 is 0.472 bits per heavy atom. The number of rotatable bonds is 7. The second kappa shape index (κ2) is 10.3. The molecule has 0 spiro atoms. The largest absolute Gasteiger partial charge is 0.489 e. The molecule has 0 saturated carbocycles. The first-order chi connectivity index (χ1) is 17.8. The van der Waals surface area contributed by atoms with Crippen LogP contribution in [-0.2, 0) is 26.1 Å². The Morgan fingerprint density at radius 3 is 1.36 bits per heavy atom. The fourth-order valence-electron chi connectivity index (χ4n) is 5.11. The van der Waals surface area contributed by atoms with Gasteiger partial charge in [0.2, 0.25) is 0 Å². The molecule has 2 aliphatic rings. The molecule has 36 heavy (non-hydrogen) atoms. The molecule has 0 atom stereocenters. The van der Waals surface area contributed by atoms with Crippen LogP contribution in [-0.4, -0.2) is 0 Å². The zero-order valence-corrected chi connectivity index (χ0v) is 20.5. The van der Waals surface area contributed by atoms with Crippen molar-refractivity contribution in [1.82, 2.24) is 0 Å². The van der Waals surface area contributed by atoms with Gasteiger partial charge in [-0.05, 0) is 94.5 Å². The third kappa shape index (κ3) is 5.13. The minimum absolute atomic E-state index is 0.603. The fourth-order valence-corrected chi connectivity index (χ4v) is 5.11. The number of hydrogen-bond donors (Lipinski definition) is 0. The number of fused-ring (bicyclic) bond motifs is 2. The van der Waals surface area contributed by atoms with E-state index < -0.39 is 0 Å². The lowest BCUT2D eigenvalue weighted by Crippen LogP contribution is -2.07. The predicted octanol–water partition coefficient (Wildman–Crippen LogP) is 8.20. The van der Waals surface area contributed by atoms with Crippen molar-refractivity contribution in [3.05, 3.63) is 142 Å². The SMILES string of the molecule is C1=C(C2=Cc3ccc(OCc4ccccc4)cc3CC2)CCc2cc(OCc3ccccc3)ccc21. The molecule has 2 aliphatic carbocycles. The summed E-state index contributed by atoms with van der Waals surface area (Å²) >= 11 is 0. The van der Waals surface area contributed by atoms with Gasteiger partial charge in [0, 0.05) is 0 Å². The van der Waals surface area contributed by atoms with Crippen LogP contribution in [0, 0.1) is 0 Å². The molecule has 0 aliphatic heterocycles. The van der Waals surface area contributed by atoms with E-state index >= 15 is 0 Å². The van der Waals surface area contributed by atoms with Gasteiger partial charge in [-0.25, -0.2) is 0 Å². The molecule has 178 valence electrons. The molecule has 0 amide bonds. The summed E-state index contributed by atoms with van der Waals surface area (Å²) in [7, 11) is 0. The average Bonchev–Trinajstić information content (AvgIpc) is 2.95. The van der Waals surface area contributed by atoms with Gasteiger partial charge in [-0.15, -0.1) is 0 Å². The first kappa shape index (κ1) is 22.4. The highest BCUT2D eigenvalue weighted by Gasteiger charge is 2.18. The van der Waals surface area contributed by atoms with Crippen LogP contribution in [0.3, 0.4) is 0 Å². The lowest BCUT2D eigenvalue weighted by atomic mass is 9.82. The molecule has 6 rings (SSSR count). The summed E-state index contributed by atoms with van der Waals surface area (Å²) in [5.74, 6) is 1.90. The van der Waals surface area contributed by atoms with E-state index in [4.69, 9.17) is 9.47 Å². The Bertz CT molecular complexity index is 1300. The van der Waals surface area contributed by atoms with Crippen molar-refractivity contribution in [3.63, 3.8) is 0 Å². The zero-order valence-electron chi connectivity index (χ0n) is 20.5. The summed E-state index contributed by atoms with van der Waals surface area (Å²) in [6, 6.07) is 33.7. The summed E-state index contributed by atoms with van der Waals surface area (Å²) in [4.78, 5) is 0. The van der Waals surface area contributed by atoms with Crippen molar-refractivity contribution in [2.24, 2.45) is 0 Å². The standard InChI is InChI=1S/C34H30O2/c1-3-7-25(8-4-1)23-35-33-17-15-29-19-27(11-13-31(29)21-33)28-12-14-32-22-34(18-16-30(32)20-28)36-24-26-9-5-2-6-10-26/h1-10,15-22H,11-14,23-24H2. The van der Waals surface area contributed by atoms with E-state index in [0.717, 1.165) is 37.2 Å². The lowest BCUT2D eigenvalue weighted by Gasteiger charge is -2.23. The Kier molecular flexibility index (Phi) is 6.41. The highest BCUT2D eigenvalue weighted by molar-refractivity contribution is 5.72. The van der Waals surface area contributed by atoms with Gasteiger partial charge in [-0.1, -0.05) is 84.9 Å². The minimum atomic E-state index is 0.603. The van der Waals surface area contributed by atoms with Crippen molar-refractivity contribution < 1.29 is 9.47 Å². The molecule has 4 aromatic rings. The molecular formula is C34H30O2. The van der Waals surface area contributed by atoms with Crippen molar-refractivity contribution in [2.75, 3.05) is 0 Å². The molecule has 0 N–H and O–H groups in total. The summed E-state index contributed by atoms with van der Waals surface area (Å²) in [5, 5.41) is 0. The molecule has 0 fully saturated rings. The number of allylic oxidation sites excluding steroid dienone is 2. The van der Waals surface area contributed by atoms with E-state index in [9.17, 15) is 0 Å². The molecule has 0 heterocycles. The minimum Gasteiger partial charge on any atom is -0.489 e. The lowest BCUT2D eigenvalue weighted by molar-refractivity contribution is 0.306. The van der Waals surface area contributed by atoms with Crippen LogP contribution in [0.5, 0.6) is 11.5 Å². The predicted molar refractivity (Wildman–Crippen MR) is 147 cm³/mol. The van der Waals surface area contributed by atoms with Crippen LogP contribution in [0.25, 0.3) is 12.2 Å². The maximum atomic E-state index is 6.05. The number of ether oxygens (including phenoxy) is 2. The van der Waals surface area contributed by atoms with E-state index in [1.165, 1.54) is 44.5 Å². The van der Waals surface area contributed by atoms with E-state index in [2.05, 4.69) is 97.1 Å². The van der Waals surface area contributed by atoms with Gasteiger partial charge >= 0.3 is 0 Å². The van der Waals surface area contributed by atoms with E-state index in [1.54, 1.807) is 0 Å². The molecule has 0 saturated heterocycles. The van der Waals surface area contributed by atoms with Crippen LogP contribution in [0.15, 0.2) is 108 Å². The second-order valence-corrected chi connectivity index (χ2v) is 9.61. The average molecular weight is 471 g/mol. The molecule has 2 nitrogen and oxygen atoms in total. The first-order valence-corrected chi connectivity index (χ1v) is 12.8. The summed E-state index contributed by atoms with van der Waals surface area (Å²) in [5.41, 5.74) is 10.7. The van der Waals surface area contributed by atoms with Gasteiger partial charge in [-0.2, -0.15) is 0 Å². The van der Waals surface area contributed by atoms with Crippen LogP contribution in [0.4, 0.5) is 0 Å². The summed E-state index contributed by atoms with van der Waals surface area (Å²) in [6.45, 7) is 1.21. The Balaban J connectivity index is 1.14. The van der Waals surface area contributed by atoms with Gasteiger partial charge in [-0.3, -0.25) is 0 Å². The topological polar surface area (TPSA) is 18.5 Å². The Morgan fingerprint density at radius 2 is 0.917 bits per heavy atom. The molecule has 0 unspecified atom stereocenters. The number of aryl methyl sites for hydroxylation is 2. The monoisotopic (exact) mass is 470 g/mol. The van der Waals surface area contributed by atoms with Gasteiger partial charge in [0.05, 0.1) is 0 Å². The zero-order chi connectivity index (χ0) is 24.2. The normalized spacial score (nSPS) is 14.2. The maximum absolute atomic E-state index is 6.05. The highest BCUT2D eigenvalue weighted by Crippen LogP contribution is 2.36. The Hall–Kier alpha value is -4.04. The Labute approximate surface area is 213 Å². The molecule has 0 radical (unpaired) electrons. The third-order valence-electron chi connectivity index (χ3n) is 7.12. The van der Waals surface area contributed by atoms with Gasteiger partial charge in [0.1, 0.15) is 24.7 Å². The van der Waals surface area contributed by atoms with Crippen LogP contribution in [0.1, 0.15) is 46.2 Å². The quantitative estimate of drug-likeness (QED) is 0.271. The van der Waals surface area contributed by atoms with Crippen LogP contribution < -0.4 is 9.47 Å². The molecule has 4 aromatic carbocycles. The summed E-state index contributed by atoms with van der Waals surface area (Å²) in [6.07, 6.45) is 9.03. The maximum Gasteiger partial charge on any atom is 0.120 e. The third-order valence-corrected chi connectivity index (χ3v) is 7.12. The first-order valence-electron chi connectivity index (χ1n) is 12.8. The van der Waals surface area contributed by atoms with E-state index in [1.807, 2.05) is 12.1 Å². The van der Waals surface area contributed by atoms with Gasteiger partial charge in [0.15, 0.2) is 0 Å². The molecule has 2 heteroatoms. The van der Waals surface area contributed by atoms with Crippen LogP contribution >= 0.6 is 0 Å². The van der Waals surface area contributed by atoms with Crippen LogP contribution in [0.2, 0.25) is 0 Å². The molecule has 0 aromatic heterocycles. The van der Waals surface area contributed by atoms with Gasteiger partial charge in [0.25, 0.3) is 0 Å². The van der Waals surface area contributed by atoms with Crippen molar-refractivity contribution >= 4 is 12.2 Å². The van der Waals surface area contributed by atoms with Gasteiger partial charge < -0.3 is 9.47 Å². The fraction of sp³-hybridized carbons (Fsp3) is 0.176. The van der Waals surface area contributed by atoms with Crippen molar-refractivity contribution in [3.8, 4) is 11.5 Å². The summed E-state index contributed by atoms with van der Waals surface area (Å²) < 4.78 is 12.1. The number of benzene rings is 4. The molecule has 0 bridgehead atoms. The highest BCUT2D eigenvalue weighted by atomic mass is 16.5. The van der Waals surface area contributed by atoms with E-state index in [0.29, 0.717) is 13.2 Å². The van der Waals surface area contributed by atoms with Crippen molar-refractivity contribution in [1.29, 1.82) is 0 Å². The molecular weight excluding hydrogens is 440 g/mol. The number of hydrogen-bond acceptors (Lipinski definition) is 2. The van der Waals surface area contributed by atoms with Crippen molar-refractivity contribution in [2.45, 2.75) is 38.9 Å². The van der Waals surface area contributed by atoms with E-state index in [-0.39, 0.29) is 0 Å². The second-order valence-electron chi connectivity index (χ2n) is 9.61.